The van der Waals surface area contributed by atoms with Gasteiger partial charge in [0.25, 0.3) is 0 Å². The molecule has 0 aliphatic heterocycles. The summed E-state index contributed by atoms with van der Waals surface area (Å²) in [5, 5.41) is 0. The van der Waals surface area contributed by atoms with Crippen LogP contribution < -0.4 is 0 Å². The van der Waals surface area contributed by atoms with Crippen molar-refractivity contribution in [1.82, 2.24) is 0 Å². The molecule has 0 heterocycles. The second-order valence-electron chi connectivity index (χ2n) is 22.4. The standard InChI is InChI=1S/C71H126O6/c1-4-7-10-13-16-19-22-25-28-29-30-31-32-33-34-35-36-37-38-39-40-41-42-43-44-47-49-52-55-58-61-64-70(73)76-67-68(77-71(74)65-62-59-56-53-50-46-27-24-21-18-15-12-9-6-3)66-75-69(72)63-60-57-54-51-48-45-26-23-20-17-14-11-8-5-2/h7,10,16,19,24-25,27-28,30-31,33-34,68H,4-6,8-9,11-15,17-18,20-23,26,29,32,35-67H2,1-3H3/b10-7-,19-16-,27-24-,28-25-,31-30-,34-33-. The smallest absolute Gasteiger partial charge is 0.306 e. The highest BCUT2D eigenvalue weighted by atomic mass is 16.6. The summed E-state index contributed by atoms with van der Waals surface area (Å²) in [6.45, 7) is 6.55. The summed E-state index contributed by atoms with van der Waals surface area (Å²) in [5.74, 6) is -0.863. The lowest BCUT2D eigenvalue weighted by Gasteiger charge is -2.18. The van der Waals surface area contributed by atoms with Gasteiger partial charge in [-0.05, 0) is 89.9 Å². The number of ether oxygens (including phenoxy) is 3. The second-order valence-corrected chi connectivity index (χ2v) is 22.4. The molecule has 446 valence electrons. The lowest BCUT2D eigenvalue weighted by atomic mass is 10.0. The summed E-state index contributed by atoms with van der Waals surface area (Å²) in [6, 6.07) is 0. The summed E-state index contributed by atoms with van der Waals surface area (Å²) in [5.41, 5.74) is 0. The number of hydrogen-bond acceptors (Lipinski definition) is 6. The lowest BCUT2D eigenvalue weighted by molar-refractivity contribution is -0.167. The fourth-order valence-corrected chi connectivity index (χ4v) is 9.70. The van der Waals surface area contributed by atoms with Crippen LogP contribution in [0.3, 0.4) is 0 Å². The molecule has 0 rings (SSSR count). The van der Waals surface area contributed by atoms with Crippen molar-refractivity contribution in [1.29, 1.82) is 0 Å². The van der Waals surface area contributed by atoms with Crippen LogP contribution in [0.2, 0.25) is 0 Å². The van der Waals surface area contributed by atoms with Crippen molar-refractivity contribution < 1.29 is 28.6 Å². The molecule has 0 spiro atoms. The van der Waals surface area contributed by atoms with Crippen LogP contribution >= 0.6 is 0 Å². The number of hydrogen-bond donors (Lipinski definition) is 0. The third-order valence-corrected chi connectivity index (χ3v) is 14.7. The Morgan fingerprint density at radius 1 is 0.273 bits per heavy atom. The maximum absolute atomic E-state index is 12.9. The Kier molecular flexibility index (Phi) is 62.7. The zero-order valence-corrected chi connectivity index (χ0v) is 51.2. The monoisotopic (exact) mass is 1070 g/mol. The average molecular weight is 1080 g/mol. The van der Waals surface area contributed by atoms with Crippen LogP contribution in [0.1, 0.15) is 342 Å². The van der Waals surface area contributed by atoms with Gasteiger partial charge in [-0.3, -0.25) is 14.4 Å². The van der Waals surface area contributed by atoms with Crippen LogP contribution in [-0.4, -0.2) is 37.2 Å². The van der Waals surface area contributed by atoms with Gasteiger partial charge in [0.15, 0.2) is 6.10 Å². The third-order valence-electron chi connectivity index (χ3n) is 14.7. The predicted octanol–water partition coefficient (Wildman–Crippen LogP) is 22.9. The first-order valence-corrected chi connectivity index (χ1v) is 33.4. The zero-order valence-electron chi connectivity index (χ0n) is 51.2. The Morgan fingerprint density at radius 3 is 0.805 bits per heavy atom. The van der Waals surface area contributed by atoms with Crippen molar-refractivity contribution in [3.8, 4) is 0 Å². The van der Waals surface area contributed by atoms with E-state index in [2.05, 4.69) is 93.7 Å². The molecule has 0 N–H and O–H groups in total. The Balaban J connectivity index is 4.17. The Hall–Kier alpha value is -3.15. The molecule has 0 aliphatic rings. The van der Waals surface area contributed by atoms with Gasteiger partial charge in [-0.1, -0.05) is 306 Å². The number of unbranched alkanes of at least 4 members (excludes halogenated alkanes) is 38. The Bertz CT molecular complexity index is 1420. The van der Waals surface area contributed by atoms with Crippen LogP contribution in [0.4, 0.5) is 0 Å². The highest BCUT2D eigenvalue weighted by Crippen LogP contribution is 2.17. The SMILES string of the molecule is CC/C=C\C/C=C\C/C=C\C/C=C\C/C=C\CCCCCCCCCCCCCCCCCC(=O)OCC(COC(=O)CCCCCCCCCCCCCCCC)OC(=O)CCCCCCC/C=C\CCCCCCC. The summed E-state index contributed by atoms with van der Waals surface area (Å²) in [4.78, 5) is 38.3. The first-order valence-electron chi connectivity index (χ1n) is 33.4. The summed E-state index contributed by atoms with van der Waals surface area (Å²) >= 11 is 0. The number of carbonyl (C=O) groups is 3. The van der Waals surface area contributed by atoms with E-state index in [-0.39, 0.29) is 31.1 Å². The topological polar surface area (TPSA) is 78.9 Å². The van der Waals surface area contributed by atoms with Gasteiger partial charge in [-0.25, -0.2) is 0 Å². The molecule has 77 heavy (non-hydrogen) atoms. The molecule has 0 aliphatic carbocycles. The van der Waals surface area contributed by atoms with E-state index in [0.29, 0.717) is 19.3 Å². The molecule has 0 radical (unpaired) electrons. The summed E-state index contributed by atoms with van der Waals surface area (Å²) in [6.07, 6.45) is 84.9. The molecule has 0 aromatic heterocycles. The maximum atomic E-state index is 12.9. The van der Waals surface area contributed by atoms with Crippen molar-refractivity contribution in [3.63, 3.8) is 0 Å². The van der Waals surface area contributed by atoms with Crippen LogP contribution in [0, 0.1) is 0 Å². The minimum absolute atomic E-state index is 0.0732. The molecule has 0 saturated heterocycles. The molecule has 0 bridgehead atoms. The molecular weight excluding hydrogens is 949 g/mol. The molecule has 6 heteroatoms. The van der Waals surface area contributed by atoms with Crippen molar-refractivity contribution in [2.75, 3.05) is 13.2 Å². The summed E-state index contributed by atoms with van der Waals surface area (Å²) in [7, 11) is 0. The van der Waals surface area contributed by atoms with Gasteiger partial charge in [0.2, 0.25) is 0 Å². The van der Waals surface area contributed by atoms with Crippen LogP contribution in [0.25, 0.3) is 0 Å². The lowest BCUT2D eigenvalue weighted by Crippen LogP contribution is -2.30. The van der Waals surface area contributed by atoms with Crippen LogP contribution in [0.5, 0.6) is 0 Å². The van der Waals surface area contributed by atoms with Gasteiger partial charge in [-0.15, -0.1) is 0 Å². The molecule has 0 fully saturated rings. The van der Waals surface area contributed by atoms with E-state index in [0.717, 1.165) is 96.3 Å². The van der Waals surface area contributed by atoms with Crippen molar-refractivity contribution in [2.24, 2.45) is 0 Å². The number of esters is 3. The van der Waals surface area contributed by atoms with Crippen molar-refractivity contribution >= 4 is 17.9 Å². The van der Waals surface area contributed by atoms with E-state index in [4.69, 9.17) is 14.2 Å². The molecule has 0 saturated carbocycles. The van der Waals surface area contributed by atoms with Gasteiger partial charge < -0.3 is 14.2 Å². The molecule has 0 amide bonds. The Morgan fingerprint density at radius 2 is 0.506 bits per heavy atom. The normalized spacial score (nSPS) is 12.5. The number of allylic oxidation sites excluding steroid dienone is 12. The maximum Gasteiger partial charge on any atom is 0.306 e. The van der Waals surface area contributed by atoms with E-state index in [1.54, 1.807) is 0 Å². The quantitative estimate of drug-likeness (QED) is 0.0261. The molecule has 1 unspecified atom stereocenters. The van der Waals surface area contributed by atoms with E-state index in [1.165, 1.54) is 205 Å². The molecular formula is C71H126O6. The highest BCUT2D eigenvalue weighted by Gasteiger charge is 2.19. The van der Waals surface area contributed by atoms with E-state index in [9.17, 15) is 14.4 Å². The first-order chi connectivity index (χ1) is 38.0. The van der Waals surface area contributed by atoms with Crippen molar-refractivity contribution in [2.45, 2.75) is 348 Å². The molecule has 0 aromatic carbocycles. The van der Waals surface area contributed by atoms with Gasteiger partial charge >= 0.3 is 17.9 Å². The van der Waals surface area contributed by atoms with Gasteiger partial charge in [0.05, 0.1) is 0 Å². The highest BCUT2D eigenvalue weighted by molar-refractivity contribution is 5.71. The second kappa shape index (κ2) is 65.4. The van der Waals surface area contributed by atoms with Crippen LogP contribution in [-0.2, 0) is 28.6 Å². The van der Waals surface area contributed by atoms with Gasteiger partial charge in [0, 0.05) is 19.3 Å². The van der Waals surface area contributed by atoms with E-state index >= 15 is 0 Å². The van der Waals surface area contributed by atoms with Crippen LogP contribution in [0.15, 0.2) is 72.9 Å². The molecule has 0 aromatic rings. The molecule has 1 atom stereocenters. The fraction of sp³-hybridized carbons (Fsp3) is 0.789. The minimum Gasteiger partial charge on any atom is -0.462 e. The van der Waals surface area contributed by atoms with Crippen molar-refractivity contribution in [3.05, 3.63) is 72.9 Å². The third kappa shape index (κ3) is 63.6. The van der Waals surface area contributed by atoms with E-state index < -0.39 is 6.10 Å². The number of carbonyl (C=O) groups excluding carboxylic acids is 3. The molecule has 6 nitrogen and oxygen atoms in total. The average Bonchev–Trinajstić information content (AvgIpc) is 3.43. The Labute approximate surface area is 478 Å². The fourth-order valence-electron chi connectivity index (χ4n) is 9.70. The van der Waals surface area contributed by atoms with Gasteiger partial charge in [-0.2, -0.15) is 0 Å². The van der Waals surface area contributed by atoms with Gasteiger partial charge in [0.1, 0.15) is 13.2 Å². The zero-order chi connectivity index (χ0) is 55.7. The predicted molar refractivity (Wildman–Crippen MR) is 335 cm³/mol. The van der Waals surface area contributed by atoms with E-state index in [1.807, 2.05) is 0 Å². The minimum atomic E-state index is -0.777. The number of rotatable bonds is 61. The summed E-state index contributed by atoms with van der Waals surface area (Å²) < 4.78 is 16.9. The first kappa shape index (κ1) is 73.8. The largest absolute Gasteiger partial charge is 0.462 e.